The number of rotatable bonds is 4. The Balaban J connectivity index is 3.07. The summed E-state index contributed by atoms with van der Waals surface area (Å²) in [6.45, 7) is 14.3. The molecule has 1 rings (SSSR count). The van der Waals surface area contributed by atoms with E-state index in [-0.39, 0.29) is 0 Å². The third kappa shape index (κ3) is 2.88. The van der Waals surface area contributed by atoms with Gasteiger partial charge < -0.3 is 4.90 Å². The third-order valence-electron chi connectivity index (χ3n) is 2.93. The quantitative estimate of drug-likeness (QED) is 0.690. The molecule has 1 aromatic carbocycles. The first kappa shape index (κ1) is 13.3. The van der Waals surface area contributed by atoms with Crippen molar-refractivity contribution in [3.63, 3.8) is 0 Å². The first-order chi connectivity index (χ1) is 7.99. The molecule has 0 fully saturated rings. The second-order valence-electron chi connectivity index (χ2n) is 4.27. The SMILES string of the molecule is C=C(C)/C(=C\C)N(C)C(=C)c1ccccc1C. The molecular formula is C16H21N. The van der Waals surface area contributed by atoms with Gasteiger partial charge in [-0.25, -0.2) is 0 Å². The van der Waals surface area contributed by atoms with E-state index >= 15 is 0 Å². The van der Waals surface area contributed by atoms with Crippen LogP contribution in [0.1, 0.15) is 25.0 Å². The van der Waals surface area contributed by atoms with Gasteiger partial charge in [0.1, 0.15) is 0 Å². The lowest BCUT2D eigenvalue weighted by molar-refractivity contribution is 0.606. The summed E-state index contributed by atoms with van der Waals surface area (Å²) in [5, 5.41) is 0. The van der Waals surface area contributed by atoms with Crippen molar-refractivity contribution >= 4 is 5.70 Å². The Morgan fingerprint density at radius 3 is 2.29 bits per heavy atom. The molecule has 0 aliphatic carbocycles. The van der Waals surface area contributed by atoms with Crippen LogP contribution in [0.15, 0.2) is 54.8 Å². The van der Waals surface area contributed by atoms with Crippen molar-refractivity contribution in [2.75, 3.05) is 7.05 Å². The van der Waals surface area contributed by atoms with Crippen molar-refractivity contribution < 1.29 is 0 Å². The van der Waals surface area contributed by atoms with Crippen LogP contribution in [0.4, 0.5) is 0 Å². The zero-order valence-electron chi connectivity index (χ0n) is 11.2. The summed E-state index contributed by atoms with van der Waals surface area (Å²) in [6, 6.07) is 8.28. The molecule has 17 heavy (non-hydrogen) atoms. The van der Waals surface area contributed by atoms with Crippen LogP contribution in [0.5, 0.6) is 0 Å². The highest BCUT2D eigenvalue weighted by atomic mass is 15.1. The van der Waals surface area contributed by atoms with E-state index in [1.807, 2.05) is 33.0 Å². The molecule has 1 heteroatoms. The molecule has 0 unspecified atom stereocenters. The summed E-state index contributed by atoms with van der Waals surface area (Å²) in [5.74, 6) is 0. The van der Waals surface area contributed by atoms with Gasteiger partial charge in [0, 0.05) is 24.0 Å². The van der Waals surface area contributed by atoms with Gasteiger partial charge in [-0.05, 0) is 31.9 Å². The van der Waals surface area contributed by atoms with Crippen molar-refractivity contribution in [3.8, 4) is 0 Å². The van der Waals surface area contributed by atoms with Crippen LogP contribution in [0, 0.1) is 6.92 Å². The first-order valence-electron chi connectivity index (χ1n) is 5.79. The minimum absolute atomic E-state index is 0.999. The van der Waals surface area contributed by atoms with Crippen LogP contribution < -0.4 is 0 Å². The zero-order chi connectivity index (χ0) is 13.0. The Morgan fingerprint density at radius 2 is 1.82 bits per heavy atom. The largest absolute Gasteiger partial charge is 0.345 e. The molecule has 0 amide bonds. The standard InChI is InChI=1S/C16H21N/c1-7-16(12(2)3)17(6)14(5)15-11-9-8-10-13(15)4/h7-11H,2,5H2,1,3-4,6H3/b16-7+. The van der Waals surface area contributed by atoms with Crippen LogP contribution in [-0.2, 0) is 0 Å². The van der Waals surface area contributed by atoms with Gasteiger partial charge in [0.2, 0.25) is 0 Å². The van der Waals surface area contributed by atoms with Gasteiger partial charge in [-0.15, -0.1) is 0 Å². The van der Waals surface area contributed by atoms with Gasteiger partial charge in [0.25, 0.3) is 0 Å². The fourth-order valence-corrected chi connectivity index (χ4v) is 1.95. The van der Waals surface area contributed by atoms with Crippen LogP contribution in [0.2, 0.25) is 0 Å². The van der Waals surface area contributed by atoms with Crippen molar-refractivity contribution in [2.45, 2.75) is 20.8 Å². The molecule has 0 heterocycles. The second kappa shape index (κ2) is 5.53. The van der Waals surface area contributed by atoms with Crippen LogP contribution in [0.25, 0.3) is 5.70 Å². The average Bonchev–Trinajstić information content (AvgIpc) is 2.29. The molecule has 0 bridgehead atoms. The summed E-state index contributed by atoms with van der Waals surface area (Å²) < 4.78 is 0. The molecule has 0 aromatic heterocycles. The average molecular weight is 227 g/mol. The number of nitrogens with zero attached hydrogens (tertiary/aromatic N) is 1. The summed E-state index contributed by atoms with van der Waals surface area (Å²) in [5.41, 5.74) is 5.57. The van der Waals surface area contributed by atoms with Crippen molar-refractivity contribution in [2.24, 2.45) is 0 Å². The fourth-order valence-electron chi connectivity index (χ4n) is 1.95. The van der Waals surface area contributed by atoms with Crippen LogP contribution >= 0.6 is 0 Å². The second-order valence-corrected chi connectivity index (χ2v) is 4.27. The molecule has 1 aromatic rings. The van der Waals surface area contributed by atoms with E-state index in [9.17, 15) is 0 Å². The Hall–Kier alpha value is -1.76. The zero-order valence-corrected chi connectivity index (χ0v) is 11.2. The topological polar surface area (TPSA) is 3.24 Å². The molecule has 0 saturated carbocycles. The van der Waals surface area contributed by atoms with Crippen molar-refractivity contribution in [3.05, 3.63) is 65.9 Å². The summed E-state index contributed by atoms with van der Waals surface area (Å²) >= 11 is 0. The highest BCUT2D eigenvalue weighted by Gasteiger charge is 2.11. The number of likely N-dealkylation sites (N-methyl/N-ethyl adjacent to an activating group) is 1. The maximum Gasteiger partial charge on any atom is 0.0411 e. The van der Waals surface area contributed by atoms with Gasteiger partial charge in [0.05, 0.1) is 0 Å². The molecule has 0 atom stereocenters. The van der Waals surface area contributed by atoms with Gasteiger partial charge in [-0.2, -0.15) is 0 Å². The number of benzene rings is 1. The van der Waals surface area contributed by atoms with Gasteiger partial charge in [-0.3, -0.25) is 0 Å². The molecule has 0 spiro atoms. The van der Waals surface area contributed by atoms with E-state index < -0.39 is 0 Å². The minimum atomic E-state index is 0.999. The summed E-state index contributed by atoms with van der Waals surface area (Å²) in [4.78, 5) is 2.09. The van der Waals surface area contributed by atoms with E-state index in [1.54, 1.807) is 0 Å². The Morgan fingerprint density at radius 1 is 1.24 bits per heavy atom. The maximum atomic E-state index is 4.18. The van der Waals surface area contributed by atoms with E-state index in [1.165, 1.54) is 11.1 Å². The lowest BCUT2D eigenvalue weighted by Gasteiger charge is -2.26. The Bertz CT molecular complexity index is 466. The normalized spacial score (nSPS) is 11.2. The molecule has 0 saturated heterocycles. The molecular weight excluding hydrogens is 206 g/mol. The van der Waals surface area contributed by atoms with Gasteiger partial charge in [0.15, 0.2) is 0 Å². The summed E-state index contributed by atoms with van der Waals surface area (Å²) in [7, 11) is 2.03. The highest BCUT2D eigenvalue weighted by molar-refractivity contribution is 5.66. The first-order valence-corrected chi connectivity index (χ1v) is 5.79. The monoisotopic (exact) mass is 227 g/mol. The summed E-state index contributed by atoms with van der Waals surface area (Å²) in [6.07, 6.45) is 2.06. The van der Waals surface area contributed by atoms with Gasteiger partial charge >= 0.3 is 0 Å². The predicted octanol–water partition coefficient (Wildman–Crippen LogP) is 4.38. The number of allylic oxidation sites excluding steroid dienone is 2. The third-order valence-corrected chi connectivity index (χ3v) is 2.93. The lowest BCUT2D eigenvalue weighted by Crippen LogP contribution is -2.16. The molecule has 0 N–H and O–H groups in total. The van der Waals surface area contributed by atoms with Crippen molar-refractivity contribution in [1.82, 2.24) is 4.90 Å². The molecule has 0 aliphatic rings. The van der Waals surface area contributed by atoms with E-state index in [4.69, 9.17) is 0 Å². The maximum absolute atomic E-state index is 4.18. The molecule has 90 valence electrons. The van der Waals surface area contributed by atoms with E-state index in [2.05, 4.69) is 43.2 Å². The van der Waals surface area contributed by atoms with Crippen LogP contribution in [-0.4, -0.2) is 11.9 Å². The molecule has 0 aliphatic heterocycles. The predicted molar refractivity (Wildman–Crippen MR) is 76.5 cm³/mol. The smallest absolute Gasteiger partial charge is 0.0411 e. The molecule has 1 nitrogen and oxygen atoms in total. The van der Waals surface area contributed by atoms with E-state index in [0.717, 1.165) is 17.0 Å². The lowest BCUT2D eigenvalue weighted by atomic mass is 10.0. The number of aryl methyl sites for hydroxylation is 1. The molecule has 0 radical (unpaired) electrons. The Kier molecular flexibility index (Phi) is 4.33. The highest BCUT2D eigenvalue weighted by Crippen LogP contribution is 2.25. The number of hydrogen-bond donors (Lipinski definition) is 0. The minimum Gasteiger partial charge on any atom is -0.345 e. The van der Waals surface area contributed by atoms with Crippen molar-refractivity contribution in [1.29, 1.82) is 0 Å². The van der Waals surface area contributed by atoms with Gasteiger partial charge in [-0.1, -0.05) is 43.5 Å². The Labute approximate surface area is 105 Å². The fraction of sp³-hybridized carbons (Fsp3) is 0.250. The van der Waals surface area contributed by atoms with E-state index in [0.29, 0.717) is 0 Å². The van der Waals surface area contributed by atoms with Crippen LogP contribution in [0.3, 0.4) is 0 Å². The number of hydrogen-bond acceptors (Lipinski definition) is 1.